The first-order valence-corrected chi connectivity index (χ1v) is 5.57. The van der Waals surface area contributed by atoms with Gasteiger partial charge in [-0.25, -0.2) is 4.98 Å². The van der Waals surface area contributed by atoms with Crippen molar-refractivity contribution in [3.8, 4) is 0 Å². The molecule has 2 N–H and O–H groups in total. The Bertz CT molecular complexity index is 421. The minimum Gasteiger partial charge on any atom is -0.352 e. The van der Waals surface area contributed by atoms with Gasteiger partial charge in [-0.3, -0.25) is 9.59 Å². The second-order valence-corrected chi connectivity index (χ2v) is 4.14. The van der Waals surface area contributed by atoms with E-state index in [9.17, 15) is 9.59 Å². The van der Waals surface area contributed by atoms with Crippen LogP contribution in [0, 0.1) is 0 Å². The third kappa shape index (κ3) is 4.82. The number of hydrogen-bond acceptors (Lipinski definition) is 3. The summed E-state index contributed by atoms with van der Waals surface area (Å²) in [6.07, 6.45) is 0. The van der Waals surface area contributed by atoms with Crippen molar-refractivity contribution in [1.29, 1.82) is 0 Å². The average molecular weight is 256 g/mol. The third-order valence-electron chi connectivity index (χ3n) is 1.81. The number of carbonyl (C=O) groups is 2. The van der Waals surface area contributed by atoms with Crippen LogP contribution in [0.5, 0.6) is 0 Å². The maximum Gasteiger partial charge on any atom is 0.270 e. The Kier molecular flexibility index (Phi) is 4.90. The molecule has 0 bridgehead atoms. The van der Waals surface area contributed by atoms with Gasteiger partial charge in [0.2, 0.25) is 5.91 Å². The van der Waals surface area contributed by atoms with E-state index in [1.54, 1.807) is 12.1 Å². The van der Waals surface area contributed by atoms with Crippen LogP contribution in [0.4, 0.5) is 0 Å². The Morgan fingerprint density at radius 2 is 2.12 bits per heavy atom. The number of amides is 2. The summed E-state index contributed by atoms with van der Waals surface area (Å²) in [5, 5.41) is 5.36. The maximum atomic E-state index is 11.6. The lowest BCUT2D eigenvalue weighted by Crippen LogP contribution is -2.40. The normalized spacial score (nSPS) is 10.1. The minimum atomic E-state index is -0.425. The van der Waals surface area contributed by atoms with Gasteiger partial charge in [-0.1, -0.05) is 17.7 Å². The molecule has 0 spiro atoms. The van der Waals surface area contributed by atoms with E-state index in [1.807, 2.05) is 13.8 Å². The Morgan fingerprint density at radius 3 is 2.71 bits per heavy atom. The summed E-state index contributed by atoms with van der Waals surface area (Å²) in [6, 6.07) is 4.77. The Hall–Kier alpha value is -1.62. The molecule has 1 heterocycles. The van der Waals surface area contributed by atoms with Gasteiger partial charge in [0.05, 0.1) is 6.54 Å². The zero-order valence-corrected chi connectivity index (χ0v) is 10.4. The van der Waals surface area contributed by atoms with E-state index in [1.165, 1.54) is 6.07 Å². The molecule has 0 unspecified atom stereocenters. The van der Waals surface area contributed by atoms with Crippen molar-refractivity contribution in [2.45, 2.75) is 19.9 Å². The quantitative estimate of drug-likeness (QED) is 0.789. The van der Waals surface area contributed by atoms with Crippen LogP contribution in [0.1, 0.15) is 24.3 Å². The highest BCUT2D eigenvalue weighted by Crippen LogP contribution is 2.04. The van der Waals surface area contributed by atoms with Crippen molar-refractivity contribution in [3.05, 3.63) is 29.0 Å². The first kappa shape index (κ1) is 13.4. The topological polar surface area (TPSA) is 71.1 Å². The number of pyridine rings is 1. The highest BCUT2D eigenvalue weighted by atomic mass is 35.5. The van der Waals surface area contributed by atoms with E-state index in [2.05, 4.69) is 15.6 Å². The molecule has 0 saturated heterocycles. The summed E-state index contributed by atoms with van der Waals surface area (Å²) in [5.74, 6) is -0.665. The highest BCUT2D eigenvalue weighted by Gasteiger charge is 2.09. The predicted molar refractivity (Wildman–Crippen MR) is 64.9 cm³/mol. The summed E-state index contributed by atoms with van der Waals surface area (Å²) in [4.78, 5) is 26.7. The fourth-order valence-corrected chi connectivity index (χ4v) is 1.32. The first-order chi connectivity index (χ1) is 7.99. The summed E-state index contributed by atoms with van der Waals surface area (Å²) in [6.45, 7) is 3.61. The van der Waals surface area contributed by atoms with Gasteiger partial charge < -0.3 is 10.6 Å². The molecule has 0 aliphatic carbocycles. The van der Waals surface area contributed by atoms with Crippen LogP contribution in [-0.4, -0.2) is 29.4 Å². The molecule has 5 nitrogen and oxygen atoms in total. The number of hydrogen-bond donors (Lipinski definition) is 2. The Labute approximate surface area is 105 Å². The molecule has 1 rings (SSSR count). The molecule has 2 amide bonds. The van der Waals surface area contributed by atoms with Crippen molar-refractivity contribution in [3.63, 3.8) is 0 Å². The molecule has 6 heteroatoms. The molecule has 0 aliphatic heterocycles. The van der Waals surface area contributed by atoms with Crippen LogP contribution in [-0.2, 0) is 4.79 Å². The fourth-order valence-electron chi connectivity index (χ4n) is 1.16. The molecule has 0 saturated carbocycles. The SMILES string of the molecule is CC(C)NC(=O)CNC(=O)c1cccc(Cl)n1. The number of halogens is 1. The Morgan fingerprint density at radius 1 is 1.41 bits per heavy atom. The molecule has 0 radical (unpaired) electrons. The number of nitrogens with zero attached hydrogens (tertiary/aromatic N) is 1. The molecule has 1 aromatic rings. The van der Waals surface area contributed by atoms with Gasteiger partial charge in [0.15, 0.2) is 0 Å². The van der Waals surface area contributed by atoms with E-state index in [0.29, 0.717) is 0 Å². The Balaban J connectivity index is 2.48. The molecule has 0 aromatic carbocycles. The van der Waals surface area contributed by atoms with Gasteiger partial charge in [0.1, 0.15) is 10.8 Å². The van der Waals surface area contributed by atoms with Crippen molar-refractivity contribution < 1.29 is 9.59 Å². The summed E-state index contributed by atoms with van der Waals surface area (Å²) in [5.41, 5.74) is 0.190. The zero-order valence-electron chi connectivity index (χ0n) is 9.66. The monoisotopic (exact) mass is 255 g/mol. The van der Waals surface area contributed by atoms with E-state index in [0.717, 1.165) is 0 Å². The van der Waals surface area contributed by atoms with Gasteiger partial charge in [0, 0.05) is 6.04 Å². The van der Waals surface area contributed by atoms with Crippen molar-refractivity contribution >= 4 is 23.4 Å². The van der Waals surface area contributed by atoms with Gasteiger partial charge >= 0.3 is 0 Å². The van der Waals surface area contributed by atoms with Crippen LogP contribution in [0.15, 0.2) is 18.2 Å². The van der Waals surface area contributed by atoms with Gasteiger partial charge in [0.25, 0.3) is 5.91 Å². The van der Waals surface area contributed by atoms with E-state index in [4.69, 9.17) is 11.6 Å². The van der Waals surface area contributed by atoms with E-state index >= 15 is 0 Å². The number of nitrogens with one attached hydrogen (secondary N) is 2. The van der Waals surface area contributed by atoms with Crippen LogP contribution >= 0.6 is 11.6 Å². The molecule has 0 aliphatic rings. The second-order valence-electron chi connectivity index (χ2n) is 3.75. The van der Waals surface area contributed by atoms with Gasteiger partial charge in [-0.15, -0.1) is 0 Å². The van der Waals surface area contributed by atoms with Crippen LogP contribution in [0.3, 0.4) is 0 Å². The molecular formula is C11H14ClN3O2. The highest BCUT2D eigenvalue weighted by molar-refractivity contribution is 6.29. The number of aromatic nitrogens is 1. The molecule has 1 aromatic heterocycles. The number of carbonyl (C=O) groups excluding carboxylic acids is 2. The third-order valence-corrected chi connectivity index (χ3v) is 2.02. The van der Waals surface area contributed by atoms with E-state index < -0.39 is 5.91 Å². The molecule has 17 heavy (non-hydrogen) atoms. The maximum absolute atomic E-state index is 11.6. The van der Waals surface area contributed by atoms with Crippen LogP contribution in [0.2, 0.25) is 5.15 Å². The largest absolute Gasteiger partial charge is 0.352 e. The van der Waals surface area contributed by atoms with Crippen molar-refractivity contribution in [1.82, 2.24) is 15.6 Å². The summed E-state index contributed by atoms with van der Waals surface area (Å²) in [7, 11) is 0. The summed E-state index contributed by atoms with van der Waals surface area (Å²) >= 11 is 5.65. The lowest BCUT2D eigenvalue weighted by Gasteiger charge is -2.08. The van der Waals surface area contributed by atoms with Crippen molar-refractivity contribution in [2.24, 2.45) is 0 Å². The first-order valence-electron chi connectivity index (χ1n) is 5.19. The van der Waals surface area contributed by atoms with Crippen molar-refractivity contribution in [2.75, 3.05) is 6.54 Å². The molecule has 0 atom stereocenters. The lowest BCUT2D eigenvalue weighted by atomic mass is 10.3. The molecule has 0 fully saturated rings. The van der Waals surface area contributed by atoms with Crippen LogP contribution < -0.4 is 10.6 Å². The fraction of sp³-hybridized carbons (Fsp3) is 0.364. The average Bonchev–Trinajstić information content (AvgIpc) is 2.25. The van der Waals surface area contributed by atoms with Gasteiger partial charge in [-0.2, -0.15) is 0 Å². The minimum absolute atomic E-state index is 0.0451. The summed E-state index contributed by atoms with van der Waals surface area (Å²) < 4.78 is 0. The molecular weight excluding hydrogens is 242 g/mol. The van der Waals surface area contributed by atoms with Gasteiger partial charge in [-0.05, 0) is 26.0 Å². The van der Waals surface area contributed by atoms with Crippen LogP contribution in [0.25, 0.3) is 0 Å². The van der Waals surface area contributed by atoms with E-state index in [-0.39, 0.29) is 29.3 Å². The lowest BCUT2D eigenvalue weighted by molar-refractivity contribution is -0.120. The number of rotatable bonds is 4. The smallest absolute Gasteiger partial charge is 0.270 e. The molecule has 92 valence electrons. The zero-order chi connectivity index (χ0) is 12.8. The second kappa shape index (κ2) is 6.20. The predicted octanol–water partition coefficient (Wildman–Crippen LogP) is 0.989. The standard InChI is InChI=1S/C11H14ClN3O2/c1-7(2)14-10(16)6-13-11(17)8-4-3-5-9(12)15-8/h3-5,7H,6H2,1-2H3,(H,13,17)(H,14,16).